The van der Waals surface area contributed by atoms with Crippen LogP contribution in [0.25, 0.3) is 32.7 Å². The molecular formula is C23H16N2O2. The van der Waals surface area contributed by atoms with Crippen molar-refractivity contribution in [3.8, 4) is 17.2 Å². The zero-order valence-corrected chi connectivity index (χ0v) is 14.8. The molecule has 0 bridgehead atoms. The van der Waals surface area contributed by atoms with Gasteiger partial charge in [0.05, 0.1) is 25.2 Å². The number of nitrogens with zero attached hydrogens (tertiary/aromatic N) is 2. The van der Waals surface area contributed by atoms with Crippen molar-refractivity contribution in [2.45, 2.75) is 6.42 Å². The minimum Gasteiger partial charge on any atom is -0.469 e. The molecule has 0 spiro atoms. The maximum atomic E-state index is 11.7. The molecule has 0 fully saturated rings. The molecule has 0 saturated carbocycles. The molecule has 0 aliphatic carbocycles. The van der Waals surface area contributed by atoms with E-state index in [4.69, 9.17) is 4.74 Å². The van der Waals surface area contributed by atoms with Crippen LogP contribution in [0.3, 0.4) is 0 Å². The minimum atomic E-state index is -0.270. The van der Waals surface area contributed by atoms with Crippen molar-refractivity contribution < 1.29 is 9.53 Å². The van der Waals surface area contributed by atoms with Crippen LogP contribution in [0.1, 0.15) is 11.1 Å². The summed E-state index contributed by atoms with van der Waals surface area (Å²) in [7, 11) is 1.39. The third kappa shape index (κ3) is 3.00. The number of nitriles is 1. The first kappa shape index (κ1) is 16.7. The second-order valence-corrected chi connectivity index (χ2v) is 6.31. The highest BCUT2D eigenvalue weighted by Crippen LogP contribution is 2.35. The highest BCUT2D eigenvalue weighted by Gasteiger charge is 2.12. The highest BCUT2D eigenvalue weighted by molar-refractivity contribution is 6.06. The van der Waals surface area contributed by atoms with Gasteiger partial charge in [0.2, 0.25) is 0 Å². The topological polar surface area (TPSA) is 63.0 Å². The molecule has 1 heterocycles. The van der Waals surface area contributed by atoms with Gasteiger partial charge in [-0.15, -0.1) is 0 Å². The van der Waals surface area contributed by atoms with Gasteiger partial charge >= 0.3 is 5.97 Å². The van der Waals surface area contributed by atoms with Gasteiger partial charge in [0.15, 0.2) is 0 Å². The zero-order valence-electron chi connectivity index (χ0n) is 14.8. The van der Waals surface area contributed by atoms with E-state index in [2.05, 4.69) is 11.1 Å². The van der Waals surface area contributed by atoms with Gasteiger partial charge < -0.3 is 4.74 Å². The highest BCUT2D eigenvalue weighted by atomic mass is 16.5. The number of pyridine rings is 1. The summed E-state index contributed by atoms with van der Waals surface area (Å²) in [6.45, 7) is 0. The summed E-state index contributed by atoms with van der Waals surface area (Å²) >= 11 is 0. The second-order valence-electron chi connectivity index (χ2n) is 6.31. The molecule has 0 amide bonds. The van der Waals surface area contributed by atoms with Gasteiger partial charge in [0.25, 0.3) is 0 Å². The third-order valence-corrected chi connectivity index (χ3v) is 4.74. The van der Waals surface area contributed by atoms with Crippen molar-refractivity contribution in [3.05, 3.63) is 78.1 Å². The number of ether oxygens (including phenoxy) is 1. The van der Waals surface area contributed by atoms with E-state index >= 15 is 0 Å². The molecule has 1 aromatic heterocycles. The maximum absolute atomic E-state index is 11.7. The molecule has 0 atom stereocenters. The molecule has 4 heteroatoms. The zero-order chi connectivity index (χ0) is 18.8. The SMILES string of the molecule is COC(=O)Cc1ccc2cncc(-c3ccc(C#N)c4ccccc34)c2c1. The summed E-state index contributed by atoms with van der Waals surface area (Å²) in [5, 5.41) is 13.3. The first-order valence-electron chi connectivity index (χ1n) is 8.57. The van der Waals surface area contributed by atoms with E-state index in [1.165, 1.54) is 7.11 Å². The summed E-state index contributed by atoms with van der Waals surface area (Å²) in [5.74, 6) is -0.270. The van der Waals surface area contributed by atoms with Crippen LogP contribution in [-0.4, -0.2) is 18.1 Å². The van der Waals surface area contributed by atoms with E-state index in [0.29, 0.717) is 5.56 Å². The lowest BCUT2D eigenvalue weighted by Crippen LogP contribution is -2.04. The number of methoxy groups -OCH3 is 1. The number of esters is 1. The van der Waals surface area contributed by atoms with Crippen LogP contribution in [0.5, 0.6) is 0 Å². The Bertz CT molecular complexity index is 1220. The minimum absolute atomic E-state index is 0.225. The molecule has 0 radical (unpaired) electrons. The Hall–Kier alpha value is -3.71. The molecule has 0 aliphatic heterocycles. The fourth-order valence-electron chi connectivity index (χ4n) is 3.41. The predicted octanol–water partition coefficient (Wildman–Crippen LogP) is 4.64. The Morgan fingerprint density at radius 1 is 1.00 bits per heavy atom. The lowest BCUT2D eigenvalue weighted by Gasteiger charge is -2.12. The van der Waals surface area contributed by atoms with E-state index in [9.17, 15) is 10.1 Å². The molecule has 0 N–H and O–H groups in total. The van der Waals surface area contributed by atoms with Crippen molar-refractivity contribution in [2.75, 3.05) is 7.11 Å². The second kappa shape index (κ2) is 6.89. The van der Waals surface area contributed by atoms with Crippen molar-refractivity contribution in [3.63, 3.8) is 0 Å². The molecule has 3 aromatic carbocycles. The normalized spacial score (nSPS) is 10.7. The van der Waals surface area contributed by atoms with E-state index < -0.39 is 0 Å². The summed E-state index contributed by atoms with van der Waals surface area (Å²) in [4.78, 5) is 16.0. The molecule has 130 valence electrons. The maximum Gasteiger partial charge on any atom is 0.309 e. The number of fused-ring (bicyclic) bond motifs is 2. The van der Waals surface area contributed by atoms with Crippen molar-refractivity contribution in [1.82, 2.24) is 4.98 Å². The molecule has 0 aliphatic rings. The van der Waals surface area contributed by atoms with Crippen LogP contribution >= 0.6 is 0 Å². The van der Waals surface area contributed by atoms with Crippen molar-refractivity contribution in [2.24, 2.45) is 0 Å². The summed E-state index contributed by atoms with van der Waals surface area (Å²) < 4.78 is 4.78. The Morgan fingerprint density at radius 3 is 2.59 bits per heavy atom. The van der Waals surface area contributed by atoms with Gasteiger partial charge in [-0.1, -0.05) is 42.5 Å². The first-order chi connectivity index (χ1) is 13.2. The quantitative estimate of drug-likeness (QED) is 0.504. The first-order valence-corrected chi connectivity index (χ1v) is 8.57. The molecule has 4 aromatic rings. The molecule has 0 saturated heterocycles. The molecule has 0 unspecified atom stereocenters. The van der Waals surface area contributed by atoms with Gasteiger partial charge in [-0.3, -0.25) is 9.78 Å². The van der Waals surface area contributed by atoms with Crippen LogP contribution in [0.4, 0.5) is 0 Å². The van der Waals surface area contributed by atoms with Gasteiger partial charge in [0.1, 0.15) is 0 Å². The molecule has 4 rings (SSSR count). The van der Waals surface area contributed by atoms with E-state index in [1.54, 1.807) is 0 Å². The number of hydrogen-bond donors (Lipinski definition) is 0. The average molecular weight is 352 g/mol. The van der Waals surface area contributed by atoms with E-state index in [1.807, 2.05) is 67.0 Å². The molecular weight excluding hydrogens is 336 g/mol. The molecule has 4 nitrogen and oxygen atoms in total. The van der Waals surface area contributed by atoms with Gasteiger partial charge in [0, 0.05) is 28.7 Å². The van der Waals surface area contributed by atoms with Gasteiger partial charge in [-0.05, 0) is 34.0 Å². The standard InChI is InChI=1S/C23H16N2O2/c1-27-23(26)11-15-6-7-17-13-25-14-22(21(17)10-15)20-9-8-16(12-24)18-4-2-3-5-19(18)20/h2-10,13-14H,11H2,1H3. The fraction of sp³-hybridized carbons (Fsp3) is 0.0870. The Balaban J connectivity index is 1.97. The predicted molar refractivity (Wildman–Crippen MR) is 105 cm³/mol. The Labute approximate surface area is 156 Å². The van der Waals surface area contributed by atoms with Crippen molar-refractivity contribution in [1.29, 1.82) is 5.26 Å². The third-order valence-electron chi connectivity index (χ3n) is 4.74. The van der Waals surface area contributed by atoms with Gasteiger partial charge in [-0.25, -0.2) is 0 Å². The molecule has 27 heavy (non-hydrogen) atoms. The Morgan fingerprint density at radius 2 is 1.81 bits per heavy atom. The van der Waals surface area contributed by atoms with Crippen LogP contribution in [0.2, 0.25) is 0 Å². The lowest BCUT2D eigenvalue weighted by molar-refractivity contribution is -0.139. The number of carbonyl (C=O) groups is 1. The number of hydrogen-bond acceptors (Lipinski definition) is 4. The fourth-order valence-corrected chi connectivity index (χ4v) is 3.41. The number of rotatable bonds is 3. The van der Waals surface area contributed by atoms with Crippen LogP contribution in [0, 0.1) is 11.3 Å². The monoisotopic (exact) mass is 352 g/mol. The van der Waals surface area contributed by atoms with Crippen molar-refractivity contribution >= 4 is 27.5 Å². The van der Waals surface area contributed by atoms with Crippen LogP contribution in [0.15, 0.2) is 67.0 Å². The number of aromatic nitrogens is 1. The summed E-state index contributed by atoms with van der Waals surface area (Å²) in [6, 6.07) is 19.8. The largest absolute Gasteiger partial charge is 0.469 e. The number of benzene rings is 3. The smallest absolute Gasteiger partial charge is 0.309 e. The van der Waals surface area contributed by atoms with E-state index in [-0.39, 0.29) is 12.4 Å². The van der Waals surface area contributed by atoms with Gasteiger partial charge in [-0.2, -0.15) is 5.26 Å². The Kier molecular flexibility index (Phi) is 4.27. The van der Waals surface area contributed by atoms with Crippen LogP contribution in [-0.2, 0) is 16.0 Å². The average Bonchev–Trinajstić information content (AvgIpc) is 2.72. The van der Waals surface area contributed by atoms with E-state index in [0.717, 1.165) is 38.2 Å². The summed E-state index contributed by atoms with van der Waals surface area (Å²) in [6.07, 6.45) is 3.87. The number of carbonyl (C=O) groups excluding carboxylic acids is 1. The lowest BCUT2D eigenvalue weighted by atomic mass is 9.93. The summed E-state index contributed by atoms with van der Waals surface area (Å²) in [5.41, 5.74) is 3.52. The van der Waals surface area contributed by atoms with Crippen LogP contribution < -0.4 is 0 Å².